The van der Waals surface area contributed by atoms with Gasteiger partial charge in [0.25, 0.3) is 0 Å². The van der Waals surface area contributed by atoms with Crippen LogP contribution in [0.1, 0.15) is 10.8 Å². The lowest BCUT2D eigenvalue weighted by atomic mass is 10.2. The van der Waals surface area contributed by atoms with E-state index in [0.29, 0.717) is 10.8 Å². The lowest BCUT2D eigenvalue weighted by Crippen LogP contribution is -1.90. The van der Waals surface area contributed by atoms with Crippen LogP contribution in [0.5, 0.6) is 0 Å². The molecule has 0 unspecified atom stereocenters. The Morgan fingerprint density at radius 1 is 1.09 bits per heavy atom. The summed E-state index contributed by atoms with van der Waals surface area (Å²) in [5.41, 5.74) is 0.765. The van der Waals surface area contributed by atoms with Gasteiger partial charge in [-0.05, 0) is 48.6 Å². The van der Waals surface area contributed by atoms with Crippen molar-refractivity contribution in [2.75, 3.05) is 0 Å². The van der Waals surface area contributed by atoms with Crippen molar-refractivity contribution in [2.45, 2.75) is 0 Å². The van der Waals surface area contributed by atoms with Gasteiger partial charge in [0, 0.05) is 5.56 Å². The molecule has 0 fully saturated rings. The second kappa shape index (κ2) is 5.19. The Morgan fingerprint density at radius 2 is 1.95 bits per heavy atom. The number of benzene rings is 1. The number of rotatable bonds is 3. The van der Waals surface area contributed by atoms with E-state index in [4.69, 9.17) is 4.42 Å². The van der Waals surface area contributed by atoms with E-state index in [1.807, 2.05) is 24.3 Å². The SMILES string of the molecule is Fc1ccc(-c2nnc3sc(/C=C/c4ccco4)nn23)cc1. The van der Waals surface area contributed by atoms with E-state index in [0.717, 1.165) is 16.3 Å². The molecule has 0 atom stereocenters. The summed E-state index contributed by atoms with van der Waals surface area (Å²) in [6.45, 7) is 0. The van der Waals surface area contributed by atoms with Gasteiger partial charge in [0.15, 0.2) is 5.82 Å². The van der Waals surface area contributed by atoms with Gasteiger partial charge in [-0.1, -0.05) is 11.3 Å². The standard InChI is InChI=1S/C15H9FN4OS/c16-11-5-3-10(4-6-11)14-17-18-15-20(14)19-13(22-15)8-7-12-2-1-9-21-12/h1-9H/b8-7+. The van der Waals surface area contributed by atoms with Crippen LogP contribution in [0.2, 0.25) is 0 Å². The molecule has 4 rings (SSSR count). The molecule has 0 aliphatic rings. The molecule has 1 aromatic carbocycles. The van der Waals surface area contributed by atoms with Crippen LogP contribution >= 0.6 is 11.3 Å². The first-order valence-corrected chi connectivity index (χ1v) is 7.31. The third-order valence-electron chi connectivity index (χ3n) is 3.04. The molecule has 4 aromatic rings. The number of fused-ring (bicyclic) bond motifs is 1. The van der Waals surface area contributed by atoms with Crippen molar-refractivity contribution in [3.8, 4) is 11.4 Å². The summed E-state index contributed by atoms with van der Waals surface area (Å²) < 4.78 is 19.9. The lowest BCUT2D eigenvalue weighted by molar-refractivity contribution is 0.557. The van der Waals surface area contributed by atoms with E-state index >= 15 is 0 Å². The molecule has 5 nitrogen and oxygen atoms in total. The Hall–Kier alpha value is -2.80. The van der Waals surface area contributed by atoms with Crippen LogP contribution in [0, 0.1) is 5.82 Å². The molecule has 22 heavy (non-hydrogen) atoms. The summed E-state index contributed by atoms with van der Waals surface area (Å²) in [6.07, 6.45) is 5.31. The average molecular weight is 312 g/mol. The van der Waals surface area contributed by atoms with Gasteiger partial charge in [0.2, 0.25) is 4.96 Å². The van der Waals surface area contributed by atoms with E-state index < -0.39 is 0 Å². The molecule has 0 spiro atoms. The summed E-state index contributed by atoms with van der Waals surface area (Å²) >= 11 is 1.41. The van der Waals surface area contributed by atoms with Gasteiger partial charge in [-0.2, -0.15) is 9.61 Å². The zero-order valence-electron chi connectivity index (χ0n) is 11.2. The zero-order valence-corrected chi connectivity index (χ0v) is 12.0. The molecule has 0 saturated heterocycles. The van der Waals surface area contributed by atoms with Crippen LogP contribution < -0.4 is 0 Å². The zero-order chi connectivity index (χ0) is 14.9. The van der Waals surface area contributed by atoms with Crippen LogP contribution in [0.4, 0.5) is 4.39 Å². The molecule has 0 aliphatic heterocycles. The van der Waals surface area contributed by atoms with Crippen molar-refractivity contribution in [1.29, 1.82) is 0 Å². The first-order chi connectivity index (χ1) is 10.8. The Morgan fingerprint density at radius 3 is 2.73 bits per heavy atom. The van der Waals surface area contributed by atoms with Crippen molar-refractivity contribution in [3.63, 3.8) is 0 Å². The smallest absolute Gasteiger partial charge is 0.235 e. The normalized spacial score (nSPS) is 11.7. The summed E-state index contributed by atoms with van der Waals surface area (Å²) in [4.78, 5) is 0.679. The van der Waals surface area contributed by atoms with Crippen molar-refractivity contribution < 1.29 is 8.81 Å². The fourth-order valence-electron chi connectivity index (χ4n) is 2.02. The third kappa shape index (κ3) is 2.31. The van der Waals surface area contributed by atoms with E-state index in [-0.39, 0.29) is 5.82 Å². The fourth-order valence-corrected chi connectivity index (χ4v) is 2.76. The van der Waals surface area contributed by atoms with Gasteiger partial charge in [-0.25, -0.2) is 4.39 Å². The number of hydrogen-bond donors (Lipinski definition) is 0. The highest BCUT2D eigenvalue weighted by Crippen LogP contribution is 2.22. The number of hydrogen-bond acceptors (Lipinski definition) is 5. The van der Waals surface area contributed by atoms with Crippen LogP contribution in [0.25, 0.3) is 28.5 Å². The second-order valence-electron chi connectivity index (χ2n) is 4.51. The van der Waals surface area contributed by atoms with Gasteiger partial charge in [-0.3, -0.25) is 0 Å². The van der Waals surface area contributed by atoms with Crippen molar-refractivity contribution >= 4 is 28.4 Å². The molecule has 0 radical (unpaired) electrons. The lowest BCUT2D eigenvalue weighted by Gasteiger charge is -1.95. The summed E-state index contributed by atoms with van der Waals surface area (Å²) in [6, 6.07) is 9.78. The van der Waals surface area contributed by atoms with Crippen LogP contribution in [0.15, 0.2) is 47.1 Å². The van der Waals surface area contributed by atoms with Gasteiger partial charge < -0.3 is 4.42 Å². The minimum Gasteiger partial charge on any atom is -0.465 e. The van der Waals surface area contributed by atoms with E-state index in [2.05, 4.69) is 15.3 Å². The minimum atomic E-state index is -0.287. The van der Waals surface area contributed by atoms with Gasteiger partial charge in [-0.15, -0.1) is 10.2 Å². The largest absolute Gasteiger partial charge is 0.465 e. The van der Waals surface area contributed by atoms with Gasteiger partial charge in [0.05, 0.1) is 6.26 Å². The number of nitrogens with zero attached hydrogens (tertiary/aromatic N) is 4. The highest BCUT2D eigenvalue weighted by atomic mass is 32.1. The number of halogens is 1. The minimum absolute atomic E-state index is 0.287. The quantitative estimate of drug-likeness (QED) is 0.578. The molecule has 0 amide bonds. The predicted octanol–water partition coefficient (Wildman–Crippen LogP) is 3.76. The topological polar surface area (TPSA) is 56.2 Å². The Kier molecular flexibility index (Phi) is 3.05. The maximum atomic E-state index is 13.0. The average Bonchev–Trinajstić information content (AvgIpc) is 3.23. The van der Waals surface area contributed by atoms with Gasteiger partial charge >= 0.3 is 0 Å². The van der Waals surface area contributed by atoms with Crippen LogP contribution in [-0.4, -0.2) is 19.8 Å². The molecule has 3 aromatic heterocycles. The molecule has 3 heterocycles. The molecule has 0 bridgehead atoms. The van der Waals surface area contributed by atoms with Crippen molar-refractivity contribution in [1.82, 2.24) is 19.8 Å². The number of aromatic nitrogens is 4. The maximum absolute atomic E-state index is 13.0. The highest BCUT2D eigenvalue weighted by Gasteiger charge is 2.12. The van der Waals surface area contributed by atoms with Gasteiger partial charge in [0.1, 0.15) is 16.6 Å². The molecule has 0 aliphatic carbocycles. The molecule has 0 N–H and O–H groups in total. The van der Waals surface area contributed by atoms with E-state index in [1.54, 1.807) is 22.9 Å². The van der Waals surface area contributed by atoms with Crippen LogP contribution in [0.3, 0.4) is 0 Å². The monoisotopic (exact) mass is 312 g/mol. The predicted molar refractivity (Wildman–Crippen MR) is 81.7 cm³/mol. The highest BCUT2D eigenvalue weighted by molar-refractivity contribution is 7.17. The van der Waals surface area contributed by atoms with Crippen molar-refractivity contribution in [2.24, 2.45) is 0 Å². The van der Waals surface area contributed by atoms with E-state index in [1.165, 1.54) is 23.5 Å². The summed E-state index contributed by atoms with van der Waals surface area (Å²) in [5.74, 6) is 1.05. The number of furan rings is 1. The molecular formula is C15H9FN4OS. The maximum Gasteiger partial charge on any atom is 0.235 e. The van der Waals surface area contributed by atoms with Crippen LogP contribution in [-0.2, 0) is 0 Å². The fraction of sp³-hybridized carbons (Fsp3) is 0. The molecule has 108 valence electrons. The molecule has 0 saturated carbocycles. The summed E-state index contributed by atoms with van der Waals surface area (Å²) in [7, 11) is 0. The first kappa shape index (κ1) is 12.9. The molecule has 7 heteroatoms. The van der Waals surface area contributed by atoms with Crippen molar-refractivity contribution in [3.05, 3.63) is 59.2 Å². The molecular weight excluding hydrogens is 303 g/mol. The Balaban J connectivity index is 1.71. The Labute approximate surface area is 128 Å². The first-order valence-electron chi connectivity index (χ1n) is 6.49. The second-order valence-corrected chi connectivity index (χ2v) is 5.50. The third-order valence-corrected chi connectivity index (χ3v) is 3.91. The Bertz CT molecular complexity index is 938. The van der Waals surface area contributed by atoms with E-state index in [9.17, 15) is 4.39 Å². The summed E-state index contributed by atoms with van der Waals surface area (Å²) in [5, 5.41) is 13.4.